The molecule has 9 heteroatoms. The van der Waals surface area contributed by atoms with Gasteiger partial charge in [-0.2, -0.15) is 4.99 Å². The molecular weight excluding hydrogens is 366 g/mol. The summed E-state index contributed by atoms with van der Waals surface area (Å²) in [5.74, 6) is 0.489. The van der Waals surface area contributed by atoms with Crippen LogP contribution in [0.3, 0.4) is 0 Å². The molecule has 0 saturated heterocycles. The van der Waals surface area contributed by atoms with Crippen molar-refractivity contribution in [1.82, 2.24) is 14.9 Å². The molecule has 0 amide bonds. The van der Waals surface area contributed by atoms with Gasteiger partial charge in [0.1, 0.15) is 23.6 Å². The summed E-state index contributed by atoms with van der Waals surface area (Å²) in [6.45, 7) is 1.75. The van der Waals surface area contributed by atoms with Gasteiger partial charge in [0, 0.05) is 11.8 Å². The number of hydrogen-bond donors (Lipinski definition) is 3. The van der Waals surface area contributed by atoms with Gasteiger partial charge >= 0.3 is 0 Å². The fraction of sp³-hybridized carbons (Fsp3) is 0.158. The minimum absolute atomic E-state index is 0.0187. The third kappa shape index (κ3) is 3.16. The Morgan fingerprint density at radius 1 is 1.18 bits per heavy atom. The van der Waals surface area contributed by atoms with E-state index < -0.39 is 12.0 Å². The van der Waals surface area contributed by atoms with Crippen LogP contribution < -0.4 is 21.1 Å². The molecule has 7 nitrogen and oxygen atoms in total. The number of anilines is 1. The highest BCUT2D eigenvalue weighted by atomic mass is 19.1. The van der Waals surface area contributed by atoms with Crippen LogP contribution in [0.5, 0.6) is 5.75 Å². The standard InChI is InChI=1S/C19H18F2N6O/c1-10-23-14-9-11(20)3-8-15(14)27(10)19-25-17(22)16(21)18(26-19)24-12-4-6-13(28-2)7-5-12/h3-9,17,24H,22H2,1-2H3,(H,25,26). The van der Waals surface area contributed by atoms with Crippen molar-refractivity contribution in [2.24, 2.45) is 10.7 Å². The van der Waals surface area contributed by atoms with Gasteiger partial charge in [0.25, 0.3) is 0 Å². The highest BCUT2D eigenvalue weighted by Gasteiger charge is 2.25. The molecule has 1 unspecified atom stereocenters. The number of ether oxygens (including phenoxy) is 1. The summed E-state index contributed by atoms with van der Waals surface area (Å²) in [5, 5.41) is 5.74. The molecule has 1 aliphatic heterocycles. The van der Waals surface area contributed by atoms with E-state index in [-0.39, 0.29) is 17.6 Å². The summed E-state index contributed by atoms with van der Waals surface area (Å²) in [7, 11) is 1.57. The molecule has 0 spiro atoms. The maximum absolute atomic E-state index is 14.6. The van der Waals surface area contributed by atoms with Crippen molar-refractivity contribution in [1.29, 1.82) is 0 Å². The number of rotatable bonds is 3. The van der Waals surface area contributed by atoms with Gasteiger partial charge in [-0.1, -0.05) is 0 Å². The molecule has 1 atom stereocenters. The number of fused-ring (bicyclic) bond motifs is 1. The zero-order chi connectivity index (χ0) is 19.8. The Bertz CT molecular complexity index is 1100. The Hall–Kier alpha value is -3.46. The molecule has 0 bridgehead atoms. The van der Waals surface area contributed by atoms with Crippen molar-refractivity contribution >= 4 is 22.7 Å². The van der Waals surface area contributed by atoms with Gasteiger partial charge in [-0.25, -0.2) is 13.8 Å². The summed E-state index contributed by atoms with van der Waals surface area (Å²) in [5.41, 5.74) is 7.62. The molecule has 0 saturated carbocycles. The number of aromatic nitrogens is 2. The van der Waals surface area contributed by atoms with Crippen LogP contribution in [-0.4, -0.2) is 28.8 Å². The van der Waals surface area contributed by atoms with E-state index in [4.69, 9.17) is 10.5 Å². The van der Waals surface area contributed by atoms with E-state index in [0.29, 0.717) is 28.3 Å². The van der Waals surface area contributed by atoms with E-state index in [9.17, 15) is 8.78 Å². The Labute approximate surface area is 159 Å². The van der Waals surface area contributed by atoms with Crippen molar-refractivity contribution in [2.75, 3.05) is 12.4 Å². The van der Waals surface area contributed by atoms with Crippen LogP contribution in [0.2, 0.25) is 0 Å². The largest absolute Gasteiger partial charge is 0.497 e. The normalized spacial score (nSPS) is 16.8. The number of nitrogens with zero attached hydrogens (tertiary/aromatic N) is 3. The van der Waals surface area contributed by atoms with Crippen LogP contribution >= 0.6 is 0 Å². The van der Waals surface area contributed by atoms with Crippen LogP contribution in [0.1, 0.15) is 5.82 Å². The Morgan fingerprint density at radius 3 is 2.64 bits per heavy atom. The molecule has 0 radical (unpaired) electrons. The third-order valence-electron chi connectivity index (χ3n) is 4.35. The zero-order valence-corrected chi connectivity index (χ0v) is 15.2. The van der Waals surface area contributed by atoms with Gasteiger partial charge in [0.15, 0.2) is 11.6 Å². The first-order valence-electron chi connectivity index (χ1n) is 8.53. The molecule has 4 N–H and O–H groups in total. The van der Waals surface area contributed by atoms with Crippen LogP contribution in [-0.2, 0) is 0 Å². The highest BCUT2D eigenvalue weighted by molar-refractivity contribution is 5.94. The minimum Gasteiger partial charge on any atom is -0.497 e. The van der Waals surface area contributed by atoms with Crippen LogP contribution in [0, 0.1) is 12.7 Å². The van der Waals surface area contributed by atoms with Gasteiger partial charge in [0.05, 0.1) is 18.1 Å². The monoisotopic (exact) mass is 384 g/mol. The summed E-state index contributed by atoms with van der Waals surface area (Å²) < 4.78 is 34.9. The zero-order valence-electron chi connectivity index (χ0n) is 15.2. The number of methoxy groups -OCH3 is 1. The topological polar surface area (TPSA) is 89.5 Å². The Morgan fingerprint density at radius 2 is 1.93 bits per heavy atom. The van der Waals surface area contributed by atoms with E-state index in [1.165, 1.54) is 12.1 Å². The second-order valence-electron chi connectivity index (χ2n) is 6.23. The van der Waals surface area contributed by atoms with Gasteiger partial charge in [-0.05, 0) is 43.3 Å². The molecule has 28 heavy (non-hydrogen) atoms. The molecule has 1 aliphatic rings. The predicted octanol–water partition coefficient (Wildman–Crippen LogP) is 2.84. The van der Waals surface area contributed by atoms with Gasteiger partial charge < -0.3 is 21.1 Å². The van der Waals surface area contributed by atoms with E-state index in [1.807, 2.05) is 0 Å². The number of halogens is 2. The molecule has 4 rings (SSSR count). The molecule has 0 fully saturated rings. The first kappa shape index (κ1) is 17.9. The number of aliphatic imine (C=N–C) groups is 1. The van der Waals surface area contributed by atoms with E-state index in [0.717, 1.165) is 0 Å². The van der Waals surface area contributed by atoms with Gasteiger partial charge in [-0.3, -0.25) is 4.57 Å². The minimum atomic E-state index is -1.09. The highest BCUT2D eigenvalue weighted by Crippen LogP contribution is 2.23. The SMILES string of the molecule is COc1ccc(NC2=C(F)C(N)NC(n3c(C)nc4cc(F)ccc43)=N2)cc1. The molecular formula is C19H18F2N6O. The smallest absolute Gasteiger partial charge is 0.212 e. The van der Waals surface area contributed by atoms with Crippen molar-refractivity contribution < 1.29 is 13.5 Å². The lowest BCUT2D eigenvalue weighted by molar-refractivity contribution is 0.415. The van der Waals surface area contributed by atoms with E-state index in [2.05, 4.69) is 20.6 Å². The third-order valence-corrected chi connectivity index (χ3v) is 4.35. The van der Waals surface area contributed by atoms with Gasteiger partial charge in [-0.15, -0.1) is 0 Å². The second kappa shape index (κ2) is 6.93. The maximum atomic E-state index is 14.6. The van der Waals surface area contributed by atoms with Crippen LogP contribution in [0.25, 0.3) is 11.0 Å². The number of imidazole rings is 1. The summed E-state index contributed by atoms with van der Waals surface area (Å²) in [6, 6.07) is 11.2. The van der Waals surface area contributed by atoms with Crippen molar-refractivity contribution in [3.8, 4) is 5.75 Å². The molecule has 3 aromatic rings. The maximum Gasteiger partial charge on any atom is 0.212 e. The summed E-state index contributed by atoms with van der Waals surface area (Å²) in [4.78, 5) is 8.68. The summed E-state index contributed by atoms with van der Waals surface area (Å²) in [6.07, 6.45) is -1.09. The summed E-state index contributed by atoms with van der Waals surface area (Å²) >= 11 is 0. The fourth-order valence-corrected chi connectivity index (χ4v) is 3.00. The Kier molecular flexibility index (Phi) is 4.44. The number of benzene rings is 2. The van der Waals surface area contributed by atoms with Crippen molar-refractivity contribution in [3.05, 3.63) is 65.8 Å². The van der Waals surface area contributed by atoms with Crippen molar-refractivity contribution in [3.63, 3.8) is 0 Å². The lowest BCUT2D eigenvalue weighted by atomic mass is 10.3. The number of nitrogens with one attached hydrogen (secondary N) is 2. The average molecular weight is 384 g/mol. The predicted molar refractivity (Wildman–Crippen MR) is 103 cm³/mol. The van der Waals surface area contributed by atoms with E-state index in [1.54, 1.807) is 48.9 Å². The van der Waals surface area contributed by atoms with Crippen LogP contribution in [0.4, 0.5) is 14.5 Å². The first-order chi connectivity index (χ1) is 13.5. The van der Waals surface area contributed by atoms with E-state index >= 15 is 0 Å². The number of hydrogen-bond acceptors (Lipinski definition) is 6. The molecule has 2 heterocycles. The molecule has 2 aromatic carbocycles. The number of aryl methyl sites for hydroxylation is 1. The number of nitrogens with two attached hydrogens (primary N) is 1. The first-order valence-corrected chi connectivity index (χ1v) is 8.53. The van der Waals surface area contributed by atoms with Crippen LogP contribution in [0.15, 0.2) is 59.1 Å². The molecule has 144 valence electrons. The fourth-order valence-electron chi connectivity index (χ4n) is 3.00. The molecule has 1 aromatic heterocycles. The lowest BCUT2D eigenvalue weighted by Gasteiger charge is -2.24. The van der Waals surface area contributed by atoms with Crippen molar-refractivity contribution in [2.45, 2.75) is 13.1 Å². The molecule has 0 aliphatic carbocycles. The second-order valence-corrected chi connectivity index (χ2v) is 6.23. The Balaban J connectivity index is 1.74. The quantitative estimate of drug-likeness (QED) is 0.646. The lowest BCUT2D eigenvalue weighted by Crippen LogP contribution is -2.48. The average Bonchev–Trinajstić information content (AvgIpc) is 3.00. The van der Waals surface area contributed by atoms with Gasteiger partial charge in [0.2, 0.25) is 5.96 Å².